The highest BCUT2D eigenvalue weighted by Crippen LogP contribution is 2.37. The summed E-state index contributed by atoms with van der Waals surface area (Å²) in [6.07, 6.45) is 14.5. The summed E-state index contributed by atoms with van der Waals surface area (Å²) in [4.78, 5) is 47.3. The van der Waals surface area contributed by atoms with Crippen molar-refractivity contribution in [3.8, 4) is 0 Å². The minimum Gasteiger partial charge on any atom is -0.481 e. The maximum absolute atomic E-state index is 12.8. The second kappa shape index (κ2) is 21.5. The maximum Gasteiger partial charge on any atom is 0.310 e. The van der Waals surface area contributed by atoms with Crippen molar-refractivity contribution in [1.29, 1.82) is 0 Å². The van der Waals surface area contributed by atoms with Crippen molar-refractivity contribution in [3.05, 3.63) is 0 Å². The molecule has 0 aliphatic heterocycles. The van der Waals surface area contributed by atoms with Crippen LogP contribution in [-0.4, -0.2) is 86.6 Å². The van der Waals surface area contributed by atoms with Crippen molar-refractivity contribution < 1.29 is 53.3 Å². The molecule has 4 saturated carbocycles. The Balaban J connectivity index is 0.911. The van der Waals surface area contributed by atoms with E-state index in [0.29, 0.717) is 76.2 Å². The number of carbonyl (C=O) groups excluding carboxylic acids is 1. The minimum atomic E-state index is -0.879. The number of ether oxygens (including phenoxy) is 4. The van der Waals surface area contributed by atoms with Gasteiger partial charge in [0.2, 0.25) is 0 Å². The van der Waals surface area contributed by atoms with E-state index in [1.54, 1.807) is 0 Å². The molecule has 4 aliphatic carbocycles. The molecule has 6 unspecified atom stereocenters. The molecule has 0 heterocycles. The Morgan fingerprint density at radius 3 is 1.59 bits per heavy atom. The Hall–Kier alpha value is -1.79. The summed E-state index contributed by atoms with van der Waals surface area (Å²) in [6, 6.07) is 0. The van der Waals surface area contributed by atoms with E-state index in [9.17, 15) is 24.6 Å². The average molecular weight is 697 g/mol. The van der Waals surface area contributed by atoms with Gasteiger partial charge in [0.05, 0.1) is 56.9 Å². The molecule has 11 nitrogen and oxygen atoms in total. The molecule has 0 spiro atoms. The van der Waals surface area contributed by atoms with Crippen molar-refractivity contribution in [2.45, 2.75) is 129 Å². The van der Waals surface area contributed by atoms with Gasteiger partial charge in [-0.15, -0.1) is 0 Å². The van der Waals surface area contributed by atoms with Crippen LogP contribution in [0.3, 0.4) is 0 Å². The first-order chi connectivity index (χ1) is 23.7. The summed E-state index contributed by atoms with van der Waals surface area (Å²) >= 11 is 0. The van der Waals surface area contributed by atoms with E-state index >= 15 is 0 Å². The van der Waals surface area contributed by atoms with E-state index in [-0.39, 0.29) is 30.0 Å². The second-order valence-corrected chi connectivity index (χ2v) is 15.6. The standard InChI is InChI=1S/C38H64O11/c1-26-3-9-30(34(23-26)36(39)40)25-47-49-32-12-7-29(8-13-32)16-18-45-20-22-46-21-19-44-17-15-28-5-10-31(11-6-28)48-38(43)33-14-4-27(2)24-35(33)37(41)42/h26-35H,3-25H2,1-2H3,(H,39,40)(H,41,42). The van der Waals surface area contributed by atoms with E-state index in [1.807, 2.05) is 0 Å². The maximum atomic E-state index is 12.8. The molecule has 0 aromatic heterocycles. The fourth-order valence-corrected chi connectivity index (χ4v) is 8.45. The fourth-order valence-electron chi connectivity index (χ4n) is 8.45. The summed E-state index contributed by atoms with van der Waals surface area (Å²) in [5.41, 5.74) is 0. The molecule has 0 aromatic rings. The Morgan fingerprint density at radius 2 is 1.04 bits per heavy atom. The Bertz CT molecular complexity index is 975. The molecule has 282 valence electrons. The molecule has 0 saturated heterocycles. The van der Waals surface area contributed by atoms with Crippen LogP contribution in [0.15, 0.2) is 0 Å². The van der Waals surface area contributed by atoms with Crippen molar-refractivity contribution in [1.82, 2.24) is 0 Å². The van der Waals surface area contributed by atoms with Crippen LogP contribution < -0.4 is 0 Å². The summed E-state index contributed by atoms with van der Waals surface area (Å²) in [5, 5.41) is 19.1. The first kappa shape index (κ1) is 40.0. The van der Waals surface area contributed by atoms with Gasteiger partial charge in [0.25, 0.3) is 0 Å². The zero-order valence-corrected chi connectivity index (χ0v) is 30.1. The number of hydrogen-bond donors (Lipinski definition) is 2. The van der Waals surface area contributed by atoms with Crippen LogP contribution in [0.25, 0.3) is 0 Å². The van der Waals surface area contributed by atoms with E-state index in [2.05, 4.69) is 13.8 Å². The van der Waals surface area contributed by atoms with Crippen LogP contribution in [0.5, 0.6) is 0 Å². The number of carbonyl (C=O) groups is 3. The van der Waals surface area contributed by atoms with Crippen LogP contribution in [0.2, 0.25) is 0 Å². The van der Waals surface area contributed by atoms with Gasteiger partial charge < -0.3 is 29.2 Å². The summed E-state index contributed by atoms with van der Waals surface area (Å²) in [6.45, 7) is 8.21. The first-order valence-electron chi connectivity index (χ1n) is 19.4. The van der Waals surface area contributed by atoms with Gasteiger partial charge >= 0.3 is 17.9 Å². The van der Waals surface area contributed by atoms with E-state index in [1.165, 1.54) is 0 Å². The molecule has 0 radical (unpaired) electrons. The van der Waals surface area contributed by atoms with Gasteiger partial charge in [-0.1, -0.05) is 20.3 Å². The molecule has 11 heteroatoms. The average Bonchev–Trinajstić information content (AvgIpc) is 3.09. The highest BCUT2D eigenvalue weighted by molar-refractivity contribution is 5.81. The summed E-state index contributed by atoms with van der Waals surface area (Å²) in [5.74, 6) is -1.33. The van der Waals surface area contributed by atoms with Gasteiger partial charge in [-0.2, -0.15) is 0 Å². The van der Waals surface area contributed by atoms with Gasteiger partial charge in [-0.25, -0.2) is 9.78 Å². The lowest BCUT2D eigenvalue weighted by Crippen LogP contribution is -2.38. The Kier molecular flexibility index (Phi) is 17.6. The van der Waals surface area contributed by atoms with Crippen LogP contribution in [0, 0.1) is 47.3 Å². The van der Waals surface area contributed by atoms with Crippen LogP contribution >= 0.6 is 0 Å². The second-order valence-electron chi connectivity index (χ2n) is 15.6. The summed E-state index contributed by atoms with van der Waals surface area (Å²) < 4.78 is 23.0. The Morgan fingerprint density at radius 1 is 0.551 bits per heavy atom. The van der Waals surface area contributed by atoms with Crippen LogP contribution in [0.4, 0.5) is 0 Å². The molecule has 4 fully saturated rings. The zero-order chi connectivity index (χ0) is 35.0. The molecule has 4 rings (SSSR count). The third-order valence-corrected chi connectivity index (χ3v) is 11.7. The smallest absolute Gasteiger partial charge is 0.310 e. The number of carboxylic acid groups (broad SMARTS) is 2. The number of esters is 1. The van der Waals surface area contributed by atoms with Crippen molar-refractivity contribution in [2.75, 3.05) is 46.2 Å². The number of aliphatic carboxylic acids is 2. The van der Waals surface area contributed by atoms with Gasteiger partial charge in [0, 0.05) is 13.2 Å². The zero-order valence-electron chi connectivity index (χ0n) is 30.1. The van der Waals surface area contributed by atoms with Gasteiger partial charge in [0.1, 0.15) is 6.10 Å². The van der Waals surface area contributed by atoms with Gasteiger partial charge in [-0.3, -0.25) is 14.4 Å². The molecule has 2 N–H and O–H groups in total. The molecule has 4 aliphatic rings. The number of rotatable bonds is 20. The SMILES string of the molecule is CC1CCC(COOC2CCC(CCOCCOCCOCCC3CCC(OC(=O)C4CCC(C)CC4C(=O)O)CC3)CC2)C(C(=O)O)C1. The van der Waals surface area contributed by atoms with Crippen LogP contribution in [-0.2, 0) is 43.1 Å². The molecular formula is C38H64O11. The minimum absolute atomic E-state index is 0.0383. The predicted octanol–water partition coefficient (Wildman–Crippen LogP) is 6.70. The van der Waals surface area contributed by atoms with Gasteiger partial charge in [0.15, 0.2) is 0 Å². The van der Waals surface area contributed by atoms with E-state index in [0.717, 1.165) is 96.5 Å². The lowest BCUT2D eigenvalue weighted by Gasteiger charge is -2.33. The predicted molar refractivity (Wildman–Crippen MR) is 182 cm³/mol. The van der Waals surface area contributed by atoms with Gasteiger partial charge in [-0.05, 0) is 126 Å². The molecule has 0 aromatic carbocycles. The normalized spacial score (nSPS) is 33.9. The monoisotopic (exact) mass is 696 g/mol. The summed E-state index contributed by atoms with van der Waals surface area (Å²) in [7, 11) is 0. The van der Waals surface area contributed by atoms with Crippen molar-refractivity contribution in [3.63, 3.8) is 0 Å². The topological polar surface area (TPSA) is 147 Å². The van der Waals surface area contributed by atoms with Crippen LogP contribution in [0.1, 0.15) is 117 Å². The molecule has 0 amide bonds. The third-order valence-electron chi connectivity index (χ3n) is 11.7. The highest BCUT2D eigenvalue weighted by Gasteiger charge is 2.40. The quantitative estimate of drug-likeness (QED) is 0.0607. The molecular weight excluding hydrogens is 632 g/mol. The van der Waals surface area contributed by atoms with E-state index < -0.39 is 23.8 Å². The molecule has 6 atom stereocenters. The van der Waals surface area contributed by atoms with E-state index in [4.69, 9.17) is 28.7 Å². The number of hydrogen-bond acceptors (Lipinski definition) is 9. The Labute approximate surface area is 293 Å². The van der Waals surface area contributed by atoms with Crippen molar-refractivity contribution >= 4 is 17.9 Å². The third kappa shape index (κ3) is 14.0. The highest BCUT2D eigenvalue weighted by atomic mass is 17.2. The van der Waals surface area contributed by atoms with Crippen molar-refractivity contribution in [2.24, 2.45) is 47.3 Å². The number of carboxylic acids is 2. The lowest BCUT2D eigenvalue weighted by atomic mass is 9.74. The lowest BCUT2D eigenvalue weighted by molar-refractivity contribution is -0.337. The molecule has 49 heavy (non-hydrogen) atoms. The largest absolute Gasteiger partial charge is 0.481 e. The fraction of sp³-hybridized carbons (Fsp3) is 0.921. The first-order valence-corrected chi connectivity index (χ1v) is 19.4. The molecule has 0 bridgehead atoms.